The van der Waals surface area contributed by atoms with Crippen molar-refractivity contribution in [3.05, 3.63) is 28.2 Å². The molecule has 0 saturated carbocycles. The van der Waals surface area contributed by atoms with Gasteiger partial charge in [0, 0.05) is 6.04 Å². The van der Waals surface area contributed by atoms with Gasteiger partial charge in [0.15, 0.2) is 0 Å². The second-order valence-electron chi connectivity index (χ2n) is 5.14. The Hall–Kier alpha value is -0.580. The highest BCUT2D eigenvalue weighted by Gasteiger charge is 2.29. The van der Waals surface area contributed by atoms with Crippen molar-refractivity contribution in [1.82, 2.24) is 5.32 Å². The molecule has 0 amide bonds. The zero-order valence-corrected chi connectivity index (χ0v) is 13.2. The molecular weight excluding hydrogens is 292 g/mol. The van der Waals surface area contributed by atoms with Crippen LogP contribution < -0.4 is 15.8 Å². The second-order valence-corrected chi connectivity index (χ2v) is 6.00. The molecule has 0 spiro atoms. The second kappa shape index (κ2) is 6.55. The molecular formula is C14H23BrN2O. The van der Waals surface area contributed by atoms with Gasteiger partial charge in [-0.1, -0.05) is 19.9 Å². The van der Waals surface area contributed by atoms with E-state index in [1.54, 1.807) is 7.11 Å². The van der Waals surface area contributed by atoms with Gasteiger partial charge in [0.25, 0.3) is 0 Å². The maximum Gasteiger partial charge on any atom is 0.133 e. The van der Waals surface area contributed by atoms with E-state index in [9.17, 15) is 0 Å². The first kappa shape index (κ1) is 15.5. The van der Waals surface area contributed by atoms with Crippen molar-refractivity contribution in [1.29, 1.82) is 0 Å². The Kier molecular flexibility index (Phi) is 5.63. The molecule has 0 fully saturated rings. The predicted molar refractivity (Wildman–Crippen MR) is 79.9 cm³/mol. The van der Waals surface area contributed by atoms with Crippen LogP contribution in [0.2, 0.25) is 0 Å². The summed E-state index contributed by atoms with van der Waals surface area (Å²) in [6.07, 6.45) is 0.974. The normalized spacial score (nSPS) is 13.4. The Bertz CT molecular complexity index is 393. The van der Waals surface area contributed by atoms with Crippen molar-refractivity contribution < 1.29 is 4.74 Å². The third-order valence-corrected chi connectivity index (χ3v) is 3.99. The standard InChI is InChI=1S/C14H23BrN2O/c1-14(2,7-8-16)13(17-3)10-5-6-12(18-4)11(15)9-10/h5-6,9,13,17H,7-8,16H2,1-4H3. The van der Waals surface area contributed by atoms with Crippen molar-refractivity contribution in [3.8, 4) is 5.75 Å². The zero-order chi connectivity index (χ0) is 13.8. The average molecular weight is 315 g/mol. The maximum atomic E-state index is 5.70. The summed E-state index contributed by atoms with van der Waals surface area (Å²) in [6.45, 7) is 5.17. The number of nitrogens with one attached hydrogen (secondary N) is 1. The van der Waals surface area contributed by atoms with Gasteiger partial charge < -0.3 is 15.8 Å². The van der Waals surface area contributed by atoms with Crippen LogP contribution in [-0.4, -0.2) is 20.7 Å². The third kappa shape index (κ3) is 3.46. The highest BCUT2D eigenvalue weighted by atomic mass is 79.9. The van der Waals surface area contributed by atoms with E-state index in [1.807, 2.05) is 13.1 Å². The van der Waals surface area contributed by atoms with E-state index < -0.39 is 0 Å². The Morgan fingerprint density at radius 3 is 2.56 bits per heavy atom. The van der Waals surface area contributed by atoms with Gasteiger partial charge in [-0.05, 0) is 59.1 Å². The maximum absolute atomic E-state index is 5.70. The monoisotopic (exact) mass is 314 g/mol. The van der Waals surface area contributed by atoms with Crippen molar-refractivity contribution in [2.75, 3.05) is 20.7 Å². The van der Waals surface area contributed by atoms with Gasteiger partial charge in [-0.15, -0.1) is 0 Å². The van der Waals surface area contributed by atoms with Crippen LogP contribution in [-0.2, 0) is 0 Å². The molecule has 1 aromatic rings. The molecule has 4 heteroatoms. The first-order chi connectivity index (χ1) is 8.46. The predicted octanol–water partition coefficient (Wildman–Crippen LogP) is 3.09. The minimum absolute atomic E-state index is 0.109. The van der Waals surface area contributed by atoms with Crippen molar-refractivity contribution in [2.24, 2.45) is 11.1 Å². The molecule has 0 saturated heterocycles. The number of hydrogen-bond acceptors (Lipinski definition) is 3. The Morgan fingerprint density at radius 1 is 1.44 bits per heavy atom. The highest BCUT2D eigenvalue weighted by molar-refractivity contribution is 9.10. The lowest BCUT2D eigenvalue weighted by molar-refractivity contribution is 0.239. The lowest BCUT2D eigenvalue weighted by Crippen LogP contribution is -2.33. The topological polar surface area (TPSA) is 47.3 Å². The number of hydrogen-bond donors (Lipinski definition) is 2. The minimum atomic E-state index is 0.109. The molecule has 102 valence electrons. The highest BCUT2D eigenvalue weighted by Crippen LogP contribution is 2.38. The molecule has 0 heterocycles. The number of rotatable bonds is 6. The number of benzene rings is 1. The molecule has 1 unspecified atom stereocenters. The van der Waals surface area contributed by atoms with E-state index in [-0.39, 0.29) is 11.5 Å². The molecule has 0 aliphatic heterocycles. The Labute approximate surface area is 118 Å². The number of halogens is 1. The van der Waals surface area contributed by atoms with Crippen LogP contribution in [0.1, 0.15) is 31.9 Å². The summed E-state index contributed by atoms with van der Waals surface area (Å²) in [7, 11) is 3.66. The van der Waals surface area contributed by atoms with E-state index in [1.165, 1.54) is 5.56 Å². The first-order valence-corrected chi connectivity index (χ1v) is 6.96. The van der Waals surface area contributed by atoms with Gasteiger partial charge in [-0.3, -0.25) is 0 Å². The number of ether oxygens (including phenoxy) is 1. The molecule has 0 bridgehead atoms. The quantitative estimate of drug-likeness (QED) is 0.848. The smallest absolute Gasteiger partial charge is 0.133 e. The van der Waals surface area contributed by atoms with E-state index in [0.29, 0.717) is 6.54 Å². The molecule has 0 aromatic heterocycles. The van der Waals surface area contributed by atoms with Gasteiger partial charge in [-0.25, -0.2) is 0 Å². The van der Waals surface area contributed by atoms with E-state index in [2.05, 4.69) is 47.2 Å². The van der Waals surface area contributed by atoms with Gasteiger partial charge in [-0.2, -0.15) is 0 Å². The summed E-state index contributed by atoms with van der Waals surface area (Å²) in [5.74, 6) is 0.852. The number of nitrogens with two attached hydrogens (primary N) is 1. The summed E-state index contributed by atoms with van der Waals surface area (Å²) in [6, 6.07) is 6.46. The Balaban J connectivity index is 3.05. The van der Waals surface area contributed by atoms with Crippen molar-refractivity contribution in [3.63, 3.8) is 0 Å². The molecule has 18 heavy (non-hydrogen) atoms. The lowest BCUT2D eigenvalue weighted by atomic mass is 9.78. The minimum Gasteiger partial charge on any atom is -0.496 e. The molecule has 1 aromatic carbocycles. The fourth-order valence-corrected chi connectivity index (χ4v) is 2.95. The molecule has 1 atom stereocenters. The van der Waals surface area contributed by atoms with E-state index >= 15 is 0 Å². The molecule has 0 radical (unpaired) electrons. The molecule has 0 aliphatic rings. The van der Waals surface area contributed by atoms with Crippen LogP contribution >= 0.6 is 15.9 Å². The van der Waals surface area contributed by atoms with Gasteiger partial charge in [0.1, 0.15) is 5.75 Å². The summed E-state index contributed by atoms with van der Waals surface area (Å²) in [4.78, 5) is 0. The van der Waals surface area contributed by atoms with Crippen LogP contribution in [0.4, 0.5) is 0 Å². The van der Waals surface area contributed by atoms with E-state index in [0.717, 1.165) is 16.6 Å². The van der Waals surface area contributed by atoms with Crippen LogP contribution in [0.25, 0.3) is 0 Å². The summed E-state index contributed by atoms with van der Waals surface area (Å²) >= 11 is 3.53. The molecule has 1 rings (SSSR count). The third-order valence-electron chi connectivity index (χ3n) is 3.37. The largest absolute Gasteiger partial charge is 0.496 e. The van der Waals surface area contributed by atoms with Gasteiger partial charge in [0.05, 0.1) is 11.6 Å². The summed E-state index contributed by atoms with van der Waals surface area (Å²) in [5, 5.41) is 3.39. The van der Waals surface area contributed by atoms with Crippen molar-refractivity contribution in [2.45, 2.75) is 26.3 Å². The summed E-state index contributed by atoms with van der Waals surface area (Å²) < 4.78 is 6.24. The molecule has 3 N–H and O–H groups in total. The fourth-order valence-electron chi connectivity index (χ4n) is 2.39. The number of methoxy groups -OCH3 is 1. The Morgan fingerprint density at radius 2 is 2.11 bits per heavy atom. The lowest BCUT2D eigenvalue weighted by Gasteiger charge is -2.34. The van der Waals surface area contributed by atoms with Crippen LogP contribution in [0.15, 0.2) is 22.7 Å². The average Bonchev–Trinajstić information content (AvgIpc) is 2.29. The molecule has 0 aliphatic carbocycles. The van der Waals surface area contributed by atoms with Crippen LogP contribution in [0.3, 0.4) is 0 Å². The molecule has 3 nitrogen and oxygen atoms in total. The fraction of sp³-hybridized carbons (Fsp3) is 0.571. The van der Waals surface area contributed by atoms with Crippen LogP contribution in [0.5, 0.6) is 5.75 Å². The SMILES string of the molecule is CNC(c1ccc(OC)c(Br)c1)C(C)(C)CCN. The van der Waals surface area contributed by atoms with Gasteiger partial charge in [0.2, 0.25) is 0 Å². The summed E-state index contributed by atoms with van der Waals surface area (Å²) in [5.41, 5.74) is 7.05. The van der Waals surface area contributed by atoms with Crippen LogP contribution in [0, 0.1) is 5.41 Å². The zero-order valence-electron chi connectivity index (χ0n) is 11.6. The van der Waals surface area contributed by atoms with E-state index in [4.69, 9.17) is 10.5 Å². The van der Waals surface area contributed by atoms with Crippen molar-refractivity contribution >= 4 is 15.9 Å². The van der Waals surface area contributed by atoms with Gasteiger partial charge >= 0.3 is 0 Å². The first-order valence-electron chi connectivity index (χ1n) is 6.17.